The molecule has 2 heterocycles. The van der Waals surface area contributed by atoms with Gasteiger partial charge in [-0.1, -0.05) is 37.3 Å². The molecule has 182 valence electrons. The van der Waals surface area contributed by atoms with E-state index in [-0.39, 0.29) is 11.8 Å². The van der Waals surface area contributed by atoms with Gasteiger partial charge in [-0.25, -0.2) is 9.59 Å². The molecule has 2 aliphatic carbocycles. The topological polar surface area (TPSA) is 71.1 Å². The van der Waals surface area contributed by atoms with Gasteiger partial charge in [0.2, 0.25) is 0 Å². The van der Waals surface area contributed by atoms with E-state index < -0.39 is 23.0 Å². The van der Waals surface area contributed by atoms with E-state index >= 15 is 0 Å². The summed E-state index contributed by atoms with van der Waals surface area (Å²) in [6.45, 7) is 2.09. The molecule has 6 nitrogen and oxygen atoms in total. The van der Waals surface area contributed by atoms with Crippen molar-refractivity contribution in [2.24, 2.45) is 11.3 Å². The van der Waals surface area contributed by atoms with Crippen LogP contribution in [0.25, 0.3) is 0 Å². The standard InChI is InChI=1S/C28H27BrO6/c1-27-11-10-17-20(15-7-5-4-6-8-15)21-18(32-2)13-19(33-3)23(29)24(21)35-28(17,14-27)12-9-16-22(27)26(31)34-25(16)30/h4-8,13,17,20H,9-12,14H2,1-3H3/t17-,20-,27-,28+/m0/s1. The summed E-state index contributed by atoms with van der Waals surface area (Å²) in [5, 5.41) is 0. The number of cyclic esters (lactones) is 2. The first-order valence-electron chi connectivity index (χ1n) is 12.0. The molecule has 7 heteroatoms. The fourth-order valence-electron chi connectivity index (χ4n) is 7.11. The number of benzene rings is 2. The highest BCUT2D eigenvalue weighted by atomic mass is 79.9. The Morgan fingerprint density at radius 1 is 1.03 bits per heavy atom. The maximum absolute atomic E-state index is 12.8. The van der Waals surface area contributed by atoms with E-state index in [0.717, 1.165) is 28.6 Å². The Bertz CT molecular complexity index is 1280. The second-order valence-electron chi connectivity index (χ2n) is 10.3. The molecule has 0 radical (unpaired) electrons. The predicted molar refractivity (Wildman–Crippen MR) is 132 cm³/mol. The van der Waals surface area contributed by atoms with Gasteiger partial charge in [0.1, 0.15) is 27.3 Å². The summed E-state index contributed by atoms with van der Waals surface area (Å²) in [6, 6.07) is 12.4. The highest BCUT2D eigenvalue weighted by molar-refractivity contribution is 9.10. The lowest BCUT2D eigenvalue weighted by atomic mass is 9.55. The Morgan fingerprint density at radius 2 is 1.77 bits per heavy atom. The second-order valence-corrected chi connectivity index (χ2v) is 11.1. The Balaban J connectivity index is 1.58. The number of hydrogen-bond acceptors (Lipinski definition) is 6. The first kappa shape index (κ1) is 22.7. The molecule has 4 atom stereocenters. The Hall–Kier alpha value is -2.80. The zero-order valence-electron chi connectivity index (χ0n) is 20.0. The predicted octanol–water partition coefficient (Wildman–Crippen LogP) is 5.71. The van der Waals surface area contributed by atoms with Gasteiger partial charge in [0.15, 0.2) is 0 Å². The van der Waals surface area contributed by atoms with Crippen molar-refractivity contribution in [3.05, 3.63) is 63.1 Å². The van der Waals surface area contributed by atoms with Gasteiger partial charge in [-0.2, -0.15) is 0 Å². The van der Waals surface area contributed by atoms with Crippen LogP contribution in [0.1, 0.15) is 56.1 Å². The number of esters is 2. The Morgan fingerprint density at radius 3 is 2.49 bits per heavy atom. The van der Waals surface area contributed by atoms with Crippen molar-refractivity contribution in [3.63, 3.8) is 0 Å². The average Bonchev–Trinajstić information content (AvgIpc) is 3.10. The van der Waals surface area contributed by atoms with E-state index in [0.29, 0.717) is 41.9 Å². The minimum absolute atomic E-state index is 0.0252. The van der Waals surface area contributed by atoms with Crippen LogP contribution < -0.4 is 14.2 Å². The number of methoxy groups -OCH3 is 2. The fourth-order valence-corrected chi connectivity index (χ4v) is 7.68. The van der Waals surface area contributed by atoms with Gasteiger partial charge >= 0.3 is 11.9 Å². The van der Waals surface area contributed by atoms with Crippen LogP contribution in [-0.4, -0.2) is 31.8 Å². The van der Waals surface area contributed by atoms with E-state index in [9.17, 15) is 9.59 Å². The number of carbonyl (C=O) groups is 2. The minimum Gasteiger partial charge on any atom is -0.496 e. The van der Waals surface area contributed by atoms with Crippen molar-refractivity contribution in [2.75, 3.05) is 14.2 Å². The Labute approximate surface area is 212 Å². The zero-order valence-corrected chi connectivity index (χ0v) is 21.6. The number of rotatable bonds is 3. The quantitative estimate of drug-likeness (QED) is 0.368. The molecule has 2 bridgehead atoms. The number of fused-ring (bicyclic) bond motifs is 3. The number of ether oxygens (including phenoxy) is 4. The van der Waals surface area contributed by atoms with Gasteiger partial charge < -0.3 is 18.9 Å². The van der Waals surface area contributed by atoms with Crippen LogP contribution in [0.4, 0.5) is 0 Å². The maximum atomic E-state index is 12.8. The van der Waals surface area contributed by atoms with Gasteiger partial charge in [0.25, 0.3) is 0 Å². The van der Waals surface area contributed by atoms with E-state index in [1.165, 1.54) is 5.56 Å². The first-order valence-corrected chi connectivity index (χ1v) is 12.8. The third kappa shape index (κ3) is 3.13. The lowest BCUT2D eigenvalue weighted by molar-refractivity contribution is -0.152. The first-order chi connectivity index (χ1) is 16.8. The number of hydrogen-bond donors (Lipinski definition) is 0. The molecule has 35 heavy (non-hydrogen) atoms. The van der Waals surface area contributed by atoms with Gasteiger partial charge in [-0.15, -0.1) is 0 Å². The summed E-state index contributed by atoms with van der Waals surface area (Å²) in [5.41, 5.74) is 2.24. The smallest absolute Gasteiger partial charge is 0.343 e. The molecule has 2 aromatic carbocycles. The molecule has 2 aliphatic heterocycles. The molecule has 1 spiro atoms. The highest BCUT2D eigenvalue weighted by Gasteiger charge is 2.61. The van der Waals surface area contributed by atoms with Crippen LogP contribution in [-0.2, 0) is 14.3 Å². The lowest BCUT2D eigenvalue weighted by Gasteiger charge is -2.55. The van der Waals surface area contributed by atoms with Crippen molar-refractivity contribution >= 4 is 27.9 Å². The monoisotopic (exact) mass is 538 g/mol. The molecular weight excluding hydrogens is 512 g/mol. The average molecular weight is 539 g/mol. The third-order valence-corrected chi connectivity index (χ3v) is 9.27. The lowest BCUT2D eigenvalue weighted by Crippen LogP contribution is -2.55. The van der Waals surface area contributed by atoms with Crippen LogP contribution in [0.2, 0.25) is 0 Å². The van der Waals surface area contributed by atoms with Crippen LogP contribution in [0, 0.1) is 11.3 Å². The van der Waals surface area contributed by atoms with Gasteiger partial charge in [-0.3, -0.25) is 0 Å². The third-order valence-electron chi connectivity index (χ3n) is 8.52. The van der Waals surface area contributed by atoms with E-state index in [1.54, 1.807) is 14.2 Å². The van der Waals surface area contributed by atoms with Gasteiger partial charge in [0, 0.05) is 34.5 Å². The van der Waals surface area contributed by atoms with Crippen molar-refractivity contribution in [3.8, 4) is 17.2 Å². The SMILES string of the molecule is COc1cc(OC)c2c(c1Br)O[C@@]13CCC4=C(C(=O)OC4=O)[C@@](C)(CC[C@H]1[C@@H]2c1ccccc1)C3. The number of halogens is 1. The molecule has 0 aromatic heterocycles. The molecule has 6 rings (SSSR count). The van der Waals surface area contributed by atoms with Crippen LogP contribution in [0.5, 0.6) is 17.2 Å². The second kappa shape index (κ2) is 7.85. The fraction of sp³-hybridized carbons (Fsp3) is 0.429. The largest absolute Gasteiger partial charge is 0.496 e. The summed E-state index contributed by atoms with van der Waals surface area (Å²) < 4.78 is 24.4. The van der Waals surface area contributed by atoms with Crippen molar-refractivity contribution in [2.45, 2.75) is 50.5 Å². The van der Waals surface area contributed by atoms with Gasteiger partial charge in [0.05, 0.1) is 19.8 Å². The van der Waals surface area contributed by atoms with Gasteiger partial charge in [-0.05, 0) is 53.6 Å². The van der Waals surface area contributed by atoms with Crippen LogP contribution >= 0.6 is 15.9 Å². The zero-order chi connectivity index (χ0) is 24.5. The number of carbonyl (C=O) groups excluding carboxylic acids is 2. The Kier molecular flexibility index (Phi) is 5.08. The molecule has 0 amide bonds. The van der Waals surface area contributed by atoms with Crippen LogP contribution in [0.3, 0.4) is 0 Å². The minimum atomic E-state index is -0.564. The molecule has 4 aliphatic rings. The van der Waals surface area contributed by atoms with Crippen molar-refractivity contribution < 1.29 is 28.5 Å². The highest BCUT2D eigenvalue weighted by Crippen LogP contribution is 2.65. The molecule has 0 saturated heterocycles. The molecule has 0 unspecified atom stereocenters. The van der Waals surface area contributed by atoms with E-state index in [1.807, 2.05) is 12.1 Å². The van der Waals surface area contributed by atoms with Crippen LogP contribution in [0.15, 0.2) is 52.0 Å². The molecule has 2 aromatic rings. The summed E-state index contributed by atoms with van der Waals surface area (Å²) >= 11 is 3.75. The maximum Gasteiger partial charge on any atom is 0.343 e. The molecular formula is C28H27BrO6. The summed E-state index contributed by atoms with van der Waals surface area (Å²) in [5.74, 6) is 1.27. The summed E-state index contributed by atoms with van der Waals surface area (Å²) in [4.78, 5) is 25.3. The summed E-state index contributed by atoms with van der Waals surface area (Å²) in [6.07, 6.45) is 3.36. The van der Waals surface area contributed by atoms with Crippen molar-refractivity contribution in [1.82, 2.24) is 0 Å². The normalized spacial score (nSPS) is 31.0. The summed E-state index contributed by atoms with van der Waals surface area (Å²) in [7, 11) is 3.30. The molecule has 0 N–H and O–H groups in total. The van der Waals surface area contributed by atoms with Crippen molar-refractivity contribution in [1.29, 1.82) is 0 Å². The molecule has 1 saturated carbocycles. The molecule has 1 fully saturated rings. The van der Waals surface area contributed by atoms with E-state index in [2.05, 4.69) is 47.1 Å². The van der Waals surface area contributed by atoms with E-state index in [4.69, 9.17) is 18.9 Å².